The van der Waals surface area contributed by atoms with Gasteiger partial charge in [0.05, 0.1) is 5.92 Å². The number of carboxylic acid groups (broad SMARTS) is 2. The molecule has 0 aliphatic heterocycles. The normalized spacial score (nSPS) is 11.9. The lowest BCUT2D eigenvalue weighted by molar-refractivity contribution is -0.143. The highest BCUT2D eigenvalue weighted by Crippen LogP contribution is 2.15. The Hall–Kier alpha value is -1.32. The van der Waals surface area contributed by atoms with Crippen molar-refractivity contribution >= 4 is 11.9 Å². The van der Waals surface area contributed by atoms with Gasteiger partial charge in [0, 0.05) is 5.57 Å². The number of rotatable bonds is 3. The molecule has 0 fully saturated rings. The highest BCUT2D eigenvalue weighted by Gasteiger charge is 2.23. The van der Waals surface area contributed by atoms with E-state index in [1.54, 1.807) is 13.8 Å². The monoisotopic (exact) mass is 172 g/mol. The summed E-state index contributed by atoms with van der Waals surface area (Å²) in [4.78, 5) is 21.0. The fourth-order valence-corrected chi connectivity index (χ4v) is 0.956. The topological polar surface area (TPSA) is 74.6 Å². The minimum absolute atomic E-state index is 0.0394. The van der Waals surface area contributed by atoms with E-state index in [1.165, 1.54) is 6.92 Å². The zero-order valence-electron chi connectivity index (χ0n) is 7.29. The van der Waals surface area contributed by atoms with Crippen LogP contribution < -0.4 is 0 Å². The molecule has 68 valence electrons. The summed E-state index contributed by atoms with van der Waals surface area (Å²) in [6, 6.07) is 0. The van der Waals surface area contributed by atoms with Crippen LogP contribution >= 0.6 is 0 Å². The number of hydrogen-bond acceptors (Lipinski definition) is 2. The van der Waals surface area contributed by atoms with Crippen molar-refractivity contribution in [3.63, 3.8) is 0 Å². The number of carboxylic acids is 2. The summed E-state index contributed by atoms with van der Waals surface area (Å²) in [5, 5.41) is 17.2. The Labute approximate surface area is 70.5 Å². The molecule has 0 aliphatic carbocycles. The largest absolute Gasteiger partial charge is 0.481 e. The minimum Gasteiger partial charge on any atom is -0.481 e. The van der Waals surface area contributed by atoms with Crippen molar-refractivity contribution in [1.29, 1.82) is 0 Å². The summed E-state index contributed by atoms with van der Waals surface area (Å²) in [5.41, 5.74) is 0.486. The maximum Gasteiger partial charge on any atom is 0.332 e. The molecule has 0 bridgehead atoms. The first kappa shape index (κ1) is 10.7. The highest BCUT2D eigenvalue weighted by atomic mass is 16.4. The molecular formula is C8H12O4. The fourth-order valence-electron chi connectivity index (χ4n) is 0.956. The third-order valence-corrected chi connectivity index (χ3v) is 1.57. The van der Waals surface area contributed by atoms with Crippen LogP contribution in [-0.4, -0.2) is 22.2 Å². The summed E-state index contributed by atoms with van der Waals surface area (Å²) >= 11 is 0. The number of aliphatic carboxylic acids is 2. The zero-order valence-corrected chi connectivity index (χ0v) is 7.29. The molecule has 0 aromatic rings. The first-order chi connectivity index (χ1) is 5.37. The highest BCUT2D eigenvalue weighted by molar-refractivity contribution is 5.94. The van der Waals surface area contributed by atoms with Crippen molar-refractivity contribution in [1.82, 2.24) is 0 Å². The molecule has 0 aromatic heterocycles. The molecular weight excluding hydrogens is 160 g/mol. The molecule has 12 heavy (non-hydrogen) atoms. The van der Waals surface area contributed by atoms with Gasteiger partial charge in [-0.2, -0.15) is 0 Å². The van der Waals surface area contributed by atoms with Crippen LogP contribution in [0.15, 0.2) is 11.1 Å². The first-order valence-corrected chi connectivity index (χ1v) is 3.51. The number of carbonyl (C=O) groups is 2. The summed E-state index contributed by atoms with van der Waals surface area (Å²) in [5.74, 6) is -3.23. The van der Waals surface area contributed by atoms with Gasteiger partial charge in [0.1, 0.15) is 0 Å². The summed E-state index contributed by atoms with van der Waals surface area (Å²) < 4.78 is 0. The molecule has 0 amide bonds. The van der Waals surface area contributed by atoms with Crippen molar-refractivity contribution < 1.29 is 19.8 Å². The Kier molecular flexibility index (Phi) is 3.47. The predicted molar refractivity (Wildman–Crippen MR) is 42.8 cm³/mol. The van der Waals surface area contributed by atoms with Crippen LogP contribution in [0, 0.1) is 5.92 Å². The van der Waals surface area contributed by atoms with E-state index in [0.29, 0.717) is 5.57 Å². The van der Waals surface area contributed by atoms with Gasteiger partial charge in [0.25, 0.3) is 0 Å². The van der Waals surface area contributed by atoms with Crippen LogP contribution in [0.5, 0.6) is 0 Å². The van der Waals surface area contributed by atoms with E-state index in [2.05, 4.69) is 0 Å². The Balaban J connectivity index is 4.91. The lowest BCUT2D eigenvalue weighted by Gasteiger charge is -2.08. The Morgan fingerprint density at radius 1 is 1.17 bits per heavy atom. The van der Waals surface area contributed by atoms with E-state index in [4.69, 9.17) is 10.2 Å². The van der Waals surface area contributed by atoms with Gasteiger partial charge in [0.15, 0.2) is 0 Å². The molecule has 1 atom stereocenters. The van der Waals surface area contributed by atoms with E-state index in [0.717, 1.165) is 0 Å². The Morgan fingerprint density at radius 3 is 1.67 bits per heavy atom. The van der Waals surface area contributed by atoms with Gasteiger partial charge < -0.3 is 10.2 Å². The van der Waals surface area contributed by atoms with Crippen LogP contribution in [0.4, 0.5) is 0 Å². The SMILES string of the molecule is CC(C)=C(C(=O)O)C(C)C(=O)O. The van der Waals surface area contributed by atoms with Gasteiger partial charge in [-0.15, -0.1) is 0 Å². The van der Waals surface area contributed by atoms with E-state index in [-0.39, 0.29) is 5.57 Å². The third kappa shape index (κ3) is 2.38. The van der Waals surface area contributed by atoms with Crippen LogP contribution in [0.25, 0.3) is 0 Å². The van der Waals surface area contributed by atoms with Crippen molar-refractivity contribution in [2.24, 2.45) is 5.92 Å². The van der Waals surface area contributed by atoms with E-state index < -0.39 is 17.9 Å². The maximum absolute atomic E-state index is 10.6. The van der Waals surface area contributed by atoms with Gasteiger partial charge in [-0.1, -0.05) is 5.57 Å². The van der Waals surface area contributed by atoms with E-state index >= 15 is 0 Å². The molecule has 0 aliphatic rings. The smallest absolute Gasteiger partial charge is 0.332 e. The molecule has 0 saturated heterocycles. The molecule has 4 nitrogen and oxygen atoms in total. The predicted octanol–water partition coefficient (Wildman–Crippen LogP) is 1.13. The molecule has 0 radical (unpaired) electrons. The molecule has 1 unspecified atom stereocenters. The lowest BCUT2D eigenvalue weighted by atomic mass is 9.97. The van der Waals surface area contributed by atoms with Crippen molar-refractivity contribution in [3.05, 3.63) is 11.1 Å². The van der Waals surface area contributed by atoms with Gasteiger partial charge >= 0.3 is 11.9 Å². The van der Waals surface area contributed by atoms with Crippen molar-refractivity contribution in [3.8, 4) is 0 Å². The lowest BCUT2D eigenvalue weighted by Crippen LogP contribution is -2.19. The Morgan fingerprint density at radius 2 is 1.58 bits per heavy atom. The molecule has 2 N–H and O–H groups in total. The van der Waals surface area contributed by atoms with Crippen LogP contribution in [0.1, 0.15) is 20.8 Å². The van der Waals surface area contributed by atoms with E-state index in [1.807, 2.05) is 0 Å². The second-order valence-electron chi connectivity index (χ2n) is 2.78. The molecule has 0 aromatic carbocycles. The minimum atomic E-state index is -1.16. The van der Waals surface area contributed by atoms with Gasteiger partial charge in [-0.25, -0.2) is 4.79 Å². The van der Waals surface area contributed by atoms with Crippen LogP contribution in [0.3, 0.4) is 0 Å². The molecule has 0 heterocycles. The number of allylic oxidation sites excluding steroid dienone is 1. The van der Waals surface area contributed by atoms with Crippen LogP contribution in [0.2, 0.25) is 0 Å². The average molecular weight is 172 g/mol. The summed E-state index contributed by atoms with van der Waals surface area (Å²) in [7, 11) is 0. The third-order valence-electron chi connectivity index (χ3n) is 1.57. The number of hydrogen-bond donors (Lipinski definition) is 2. The maximum atomic E-state index is 10.6. The molecule has 0 rings (SSSR count). The van der Waals surface area contributed by atoms with E-state index in [9.17, 15) is 9.59 Å². The summed E-state index contributed by atoms with van der Waals surface area (Å²) in [6.45, 7) is 4.53. The zero-order chi connectivity index (χ0) is 9.89. The van der Waals surface area contributed by atoms with Crippen molar-refractivity contribution in [2.45, 2.75) is 20.8 Å². The fraction of sp³-hybridized carbons (Fsp3) is 0.500. The average Bonchev–Trinajstić information content (AvgIpc) is 1.85. The second kappa shape index (κ2) is 3.90. The standard InChI is InChI=1S/C8H12O4/c1-4(2)6(8(11)12)5(3)7(9)10/h5H,1-3H3,(H,9,10)(H,11,12). The van der Waals surface area contributed by atoms with Gasteiger partial charge in [-0.05, 0) is 20.8 Å². The molecule has 4 heteroatoms. The quantitative estimate of drug-likeness (QED) is 0.626. The first-order valence-electron chi connectivity index (χ1n) is 3.51. The van der Waals surface area contributed by atoms with Crippen molar-refractivity contribution in [2.75, 3.05) is 0 Å². The molecule has 0 saturated carbocycles. The van der Waals surface area contributed by atoms with Gasteiger partial charge in [-0.3, -0.25) is 4.79 Å². The summed E-state index contributed by atoms with van der Waals surface area (Å²) in [6.07, 6.45) is 0. The molecule has 0 spiro atoms. The van der Waals surface area contributed by atoms with Gasteiger partial charge in [0.2, 0.25) is 0 Å². The Bertz CT molecular complexity index is 235. The second-order valence-corrected chi connectivity index (χ2v) is 2.78. The van der Waals surface area contributed by atoms with Crippen LogP contribution in [-0.2, 0) is 9.59 Å².